The van der Waals surface area contributed by atoms with Crippen molar-refractivity contribution in [1.82, 2.24) is 4.98 Å². The standard InChI is InChI=1S/C3H3NO.C3H8O.C2H6/c1-2-5-3-4-1;1-3-4-2;1-2/h1-3H;3H2,1-2H3;1-2H3. The lowest BCUT2D eigenvalue weighted by atomic mass is 10.9. The molecule has 0 fully saturated rings. The van der Waals surface area contributed by atoms with E-state index in [1.165, 1.54) is 12.7 Å². The van der Waals surface area contributed by atoms with Crippen molar-refractivity contribution < 1.29 is 9.15 Å². The quantitative estimate of drug-likeness (QED) is 0.631. The summed E-state index contributed by atoms with van der Waals surface area (Å²) in [6.07, 6.45) is 4.47. The summed E-state index contributed by atoms with van der Waals surface area (Å²) in [5.74, 6) is 0. The van der Waals surface area contributed by atoms with E-state index in [2.05, 4.69) is 14.1 Å². The second kappa shape index (κ2) is 16.1. The first-order valence-corrected chi connectivity index (χ1v) is 3.73. The van der Waals surface area contributed by atoms with Crippen LogP contribution in [0, 0.1) is 0 Å². The largest absolute Gasteiger partial charge is 0.452 e. The van der Waals surface area contributed by atoms with Crippen LogP contribution in [0.3, 0.4) is 0 Å². The zero-order valence-electron chi connectivity index (χ0n) is 7.70. The van der Waals surface area contributed by atoms with E-state index in [4.69, 9.17) is 0 Å². The van der Waals surface area contributed by atoms with Crippen molar-refractivity contribution in [3.63, 3.8) is 0 Å². The van der Waals surface area contributed by atoms with Gasteiger partial charge in [-0.3, -0.25) is 0 Å². The highest BCUT2D eigenvalue weighted by Gasteiger charge is 1.59. The lowest BCUT2D eigenvalue weighted by Gasteiger charge is -1.76. The Labute approximate surface area is 68.4 Å². The molecule has 0 saturated heterocycles. The van der Waals surface area contributed by atoms with Gasteiger partial charge in [0.25, 0.3) is 0 Å². The normalized spacial score (nSPS) is 6.91. The number of rotatable bonds is 1. The third-order valence-corrected chi connectivity index (χ3v) is 0.636. The number of aromatic nitrogens is 1. The van der Waals surface area contributed by atoms with Crippen molar-refractivity contribution in [2.75, 3.05) is 13.7 Å². The van der Waals surface area contributed by atoms with Crippen molar-refractivity contribution in [2.24, 2.45) is 0 Å². The summed E-state index contributed by atoms with van der Waals surface area (Å²) in [7, 11) is 1.68. The maximum Gasteiger partial charge on any atom is 0.180 e. The summed E-state index contributed by atoms with van der Waals surface area (Å²) in [6, 6.07) is 0. The van der Waals surface area contributed by atoms with Gasteiger partial charge >= 0.3 is 0 Å². The molecule has 1 aromatic heterocycles. The highest BCUT2D eigenvalue weighted by molar-refractivity contribution is 4.56. The second-order valence-corrected chi connectivity index (χ2v) is 1.25. The Hall–Kier alpha value is -0.830. The highest BCUT2D eigenvalue weighted by Crippen LogP contribution is 1.72. The first-order valence-electron chi connectivity index (χ1n) is 3.73. The predicted molar refractivity (Wildman–Crippen MR) is 45.4 cm³/mol. The molecule has 0 spiro atoms. The summed E-state index contributed by atoms with van der Waals surface area (Å²) in [5.41, 5.74) is 0. The molecule has 1 heterocycles. The van der Waals surface area contributed by atoms with Crippen molar-refractivity contribution >= 4 is 0 Å². The summed E-state index contributed by atoms with van der Waals surface area (Å²) >= 11 is 0. The molecule has 0 saturated carbocycles. The van der Waals surface area contributed by atoms with Crippen LogP contribution in [-0.4, -0.2) is 18.7 Å². The summed E-state index contributed by atoms with van der Waals surface area (Å²) in [4.78, 5) is 3.56. The zero-order valence-corrected chi connectivity index (χ0v) is 7.70. The Balaban J connectivity index is 0. The van der Waals surface area contributed by atoms with Crippen LogP contribution in [0.25, 0.3) is 0 Å². The van der Waals surface area contributed by atoms with Crippen LogP contribution in [0.5, 0.6) is 0 Å². The van der Waals surface area contributed by atoms with Gasteiger partial charge in [-0.25, -0.2) is 4.98 Å². The zero-order chi connectivity index (χ0) is 8.95. The van der Waals surface area contributed by atoms with Crippen LogP contribution in [0.15, 0.2) is 23.3 Å². The predicted octanol–water partition coefficient (Wildman–Crippen LogP) is 2.35. The number of oxazole rings is 1. The third-order valence-electron chi connectivity index (χ3n) is 0.636. The molecule has 0 bridgehead atoms. The van der Waals surface area contributed by atoms with Crippen molar-refractivity contribution in [3.05, 3.63) is 18.9 Å². The molecular formula is C8H17NO2. The van der Waals surface area contributed by atoms with Gasteiger partial charge in [-0.1, -0.05) is 13.8 Å². The molecule has 3 heteroatoms. The lowest BCUT2D eigenvalue weighted by Crippen LogP contribution is -1.73. The number of ether oxygens (including phenoxy) is 1. The maximum absolute atomic E-state index is 4.54. The highest BCUT2D eigenvalue weighted by atomic mass is 16.5. The molecule has 66 valence electrons. The molecule has 3 nitrogen and oxygen atoms in total. The minimum Gasteiger partial charge on any atom is -0.452 e. The van der Waals surface area contributed by atoms with Crippen LogP contribution < -0.4 is 0 Å². The van der Waals surface area contributed by atoms with Crippen LogP contribution in [-0.2, 0) is 4.74 Å². The molecule has 0 amide bonds. The average Bonchev–Trinajstić information content (AvgIpc) is 2.65. The van der Waals surface area contributed by atoms with Gasteiger partial charge in [-0.15, -0.1) is 0 Å². The average molecular weight is 159 g/mol. The third kappa shape index (κ3) is 17.6. The SMILES string of the molecule is CC.CCOC.c1cocn1. The minimum atomic E-state index is 0.819. The van der Waals surface area contributed by atoms with E-state index < -0.39 is 0 Å². The lowest BCUT2D eigenvalue weighted by molar-refractivity contribution is 0.215. The number of hydrogen-bond donors (Lipinski definition) is 0. The first kappa shape index (κ1) is 12.8. The van der Waals surface area contributed by atoms with Gasteiger partial charge in [-0.05, 0) is 6.92 Å². The number of methoxy groups -OCH3 is 1. The van der Waals surface area contributed by atoms with E-state index in [0.29, 0.717) is 0 Å². The van der Waals surface area contributed by atoms with Gasteiger partial charge in [0.1, 0.15) is 6.26 Å². The van der Waals surface area contributed by atoms with E-state index in [-0.39, 0.29) is 0 Å². The Bertz CT molecular complexity index is 87.6. The smallest absolute Gasteiger partial charge is 0.180 e. The Morgan fingerprint density at radius 2 is 2.00 bits per heavy atom. The fourth-order valence-electron chi connectivity index (χ4n) is 0.176. The summed E-state index contributed by atoms with van der Waals surface area (Å²) < 4.78 is 9.01. The first-order chi connectivity index (χ1) is 5.41. The molecule has 0 unspecified atom stereocenters. The van der Waals surface area contributed by atoms with Crippen LogP contribution in [0.2, 0.25) is 0 Å². The molecule has 0 N–H and O–H groups in total. The maximum atomic E-state index is 4.54. The van der Waals surface area contributed by atoms with E-state index in [1.807, 2.05) is 20.8 Å². The van der Waals surface area contributed by atoms with Gasteiger partial charge in [0.05, 0.1) is 6.20 Å². The van der Waals surface area contributed by atoms with E-state index in [0.717, 1.165) is 6.61 Å². The molecule has 0 aliphatic heterocycles. The van der Waals surface area contributed by atoms with Crippen molar-refractivity contribution in [1.29, 1.82) is 0 Å². The minimum absolute atomic E-state index is 0.819. The molecule has 0 aromatic carbocycles. The molecule has 0 aliphatic rings. The topological polar surface area (TPSA) is 35.3 Å². The van der Waals surface area contributed by atoms with Crippen LogP contribution in [0.1, 0.15) is 20.8 Å². The molecule has 11 heavy (non-hydrogen) atoms. The van der Waals surface area contributed by atoms with Crippen LogP contribution in [0.4, 0.5) is 0 Å². The van der Waals surface area contributed by atoms with Gasteiger partial charge in [0, 0.05) is 13.7 Å². The molecule has 1 aromatic rings. The van der Waals surface area contributed by atoms with E-state index >= 15 is 0 Å². The summed E-state index contributed by atoms with van der Waals surface area (Å²) in [6.45, 7) is 6.78. The van der Waals surface area contributed by atoms with Gasteiger partial charge in [0.2, 0.25) is 0 Å². The Kier molecular flexibility index (Phi) is 18.7. The molecule has 0 radical (unpaired) electrons. The number of hydrogen-bond acceptors (Lipinski definition) is 3. The van der Waals surface area contributed by atoms with Crippen molar-refractivity contribution in [2.45, 2.75) is 20.8 Å². The molecule has 0 aliphatic carbocycles. The Morgan fingerprint density at radius 1 is 1.45 bits per heavy atom. The molecular weight excluding hydrogens is 142 g/mol. The van der Waals surface area contributed by atoms with E-state index in [1.54, 1.807) is 13.3 Å². The van der Waals surface area contributed by atoms with Crippen LogP contribution >= 0.6 is 0 Å². The second-order valence-electron chi connectivity index (χ2n) is 1.25. The molecule has 0 atom stereocenters. The van der Waals surface area contributed by atoms with Gasteiger partial charge in [-0.2, -0.15) is 0 Å². The number of nitrogens with zero attached hydrogens (tertiary/aromatic N) is 1. The summed E-state index contributed by atoms with van der Waals surface area (Å²) in [5, 5.41) is 0. The monoisotopic (exact) mass is 159 g/mol. The van der Waals surface area contributed by atoms with Crippen molar-refractivity contribution in [3.8, 4) is 0 Å². The van der Waals surface area contributed by atoms with Gasteiger partial charge in [0.15, 0.2) is 6.39 Å². The molecule has 1 rings (SSSR count). The van der Waals surface area contributed by atoms with E-state index in [9.17, 15) is 0 Å². The fourth-order valence-corrected chi connectivity index (χ4v) is 0.176. The van der Waals surface area contributed by atoms with Gasteiger partial charge < -0.3 is 9.15 Å². The fraction of sp³-hybridized carbons (Fsp3) is 0.625. The Morgan fingerprint density at radius 3 is 2.09 bits per heavy atom.